The number of H-pyrrole nitrogens is 1. The molecule has 0 aliphatic carbocycles. The van der Waals surface area contributed by atoms with Gasteiger partial charge in [0.15, 0.2) is 0 Å². The molecule has 0 unspecified atom stereocenters. The number of halogens is 1. The second-order valence-electron chi connectivity index (χ2n) is 7.93. The first-order valence-electron chi connectivity index (χ1n) is 9.05. The molecule has 0 fully saturated rings. The molecular weight excluding hydrogens is 337 g/mol. The van der Waals surface area contributed by atoms with Crippen LogP contribution < -0.4 is 0 Å². The summed E-state index contributed by atoms with van der Waals surface area (Å²) in [5.74, 6) is 0.227. The van der Waals surface area contributed by atoms with Crippen molar-refractivity contribution in [1.29, 1.82) is 0 Å². The number of pyridine rings is 1. The Balaban J connectivity index is 1.76. The summed E-state index contributed by atoms with van der Waals surface area (Å²) >= 11 is 0. The van der Waals surface area contributed by atoms with Crippen molar-refractivity contribution in [3.63, 3.8) is 0 Å². The molecule has 2 heterocycles. The number of hydrogen-bond donors (Lipinski definition) is 1. The Morgan fingerprint density at radius 2 is 1.81 bits per heavy atom. The first-order chi connectivity index (χ1) is 12.8. The van der Waals surface area contributed by atoms with Crippen LogP contribution in [0.3, 0.4) is 0 Å². The van der Waals surface area contributed by atoms with Crippen LogP contribution in [0, 0.1) is 12.7 Å². The van der Waals surface area contributed by atoms with Gasteiger partial charge in [0.05, 0.1) is 22.3 Å². The van der Waals surface area contributed by atoms with E-state index in [0.29, 0.717) is 11.4 Å². The Labute approximate surface area is 158 Å². The van der Waals surface area contributed by atoms with Crippen molar-refractivity contribution in [3.8, 4) is 22.6 Å². The minimum absolute atomic E-state index is 0.0485. The zero-order valence-corrected chi connectivity index (χ0v) is 16.0. The quantitative estimate of drug-likeness (QED) is 0.474. The number of aromatic nitrogens is 3. The summed E-state index contributed by atoms with van der Waals surface area (Å²) in [6.07, 6.45) is 1.72. The zero-order valence-electron chi connectivity index (χ0n) is 16.0. The van der Waals surface area contributed by atoms with E-state index in [-0.39, 0.29) is 11.2 Å². The summed E-state index contributed by atoms with van der Waals surface area (Å²) in [6.45, 7) is 8.48. The molecule has 27 heavy (non-hydrogen) atoms. The van der Waals surface area contributed by atoms with Crippen LogP contribution in [0.4, 0.5) is 4.39 Å². The number of nitrogens with one attached hydrogen (secondary N) is 1. The van der Waals surface area contributed by atoms with Crippen LogP contribution in [0.2, 0.25) is 0 Å². The molecule has 0 bridgehead atoms. The molecule has 2 aromatic heterocycles. The smallest absolute Gasteiger partial charge is 0.141 e. The fourth-order valence-electron chi connectivity index (χ4n) is 3.25. The predicted molar refractivity (Wildman–Crippen MR) is 108 cm³/mol. The number of nitrogens with zero attached hydrogens (tertiary/aromatic N) is 2. The molecule has 0 saturated carbocycles. The molecule has 4 rings (SSSR count). The predicted octanol–water partition coefficient (Wildman–Crippen LogP) is 6.04. The van der Waals surface area contributed by atoms with Gasteiger partial charge < -0.3 is 4.98 Å². The highest BCUT2D eigenvalue weighted by Crippen LogP contribution is 2.30. The fraction of sp³-hybridized carbons (Fsp3) is 0.217. The Bertz CT molecular complexity index is 1140. The molecular formula is C23H22FN3. The van der Waals surface area contributed by atoms with Crippen molar-refractivity contribution in [2.24, 2.45) is 0 Å². The van der Waals surface area contributed by atoms with Crippen molar-refractivity contribution in [1.82, 2.24) is 15.0 Å². The maximum Gasteiger partial charge on any atom is 0.141 e. The molecule has 0 spiro atoms. The van der Waals surface area contributed by atoms with Gasteiger partial charge in [0.25, 0.3) is 0 Å². The molecule has 0 radical (unpaired) electrons. The van der Waals surface area contributed by atoms with Gasteiger partial charge in [-0.1, -0.05) is 39.0 Å². The van der Waals surface area contributed by atoms with E-state index < -0.39 is 0 Å². The molecule has 0 atom stereocenters. The highest BCUT2D eigenvalue weighted by atomic mass is 19.1. The van der Waals surface area contributed by atoms with E-state index in [2.05, 4.69) is 47.9 Å². The van der Waals surface area contributed by atoms with Gasteiger partial charge in [-0.15, -0.1) is 0 Å². The summed E-state index contributed by atoms with van der Waals surface area (Å²) in [4.78, 5) is 12.2. The van der Waals surface area contributed by atoms with Crippen molar-refractivity contribution in [2.75, 3.05) is 0 Å². The van der Waals surface area contributed by atoms with E-state index in [4.69, 9.17) is 0 Å². The van der Waals surface area contributed by atoms with Gasteiger partial charge in [0.2, 0.25) is 0 Å². The van der Waals surface area contributed by atoms with Crippen LogP contribution in [0.1, 0.15) is 31.9 Å². The lowest BCUT2D eigenvalue weighted by Gasteiger charge is -2.18. The van der Waals surface area contributed by atoms with Gasteiger partial charge >= 0.3 is 0 Å². The largest absolute Gasteiger partial charge is 0.338 e. The van der Waals surface area contributed by atoms with Crippen molar-refractivity contribution < 1.29 is 4.39 Å². The lowest BCUT2D eigenvalue weighted by Crippen LogP contribution is -2.10. The number of hydrogen-bond acceptors (Lipinski definition) is 2. The van der Waals surface area contributed by atoms with E-state index >= 15 is 0 Å². The van der Waals surface area contributed by atoms with Gasteiger partial charge in [-0.3, -0.25) is 4.98 Å². The Morgan fingerprint density at radius 3 is 2.52 bits per heavy atom. The SMILES string of the molecule is Cc1cccnc1-c1ccc(-c2nc3ccc(C(C)(C)C)cc3[nH]2)c(F)c1. The summed E-state index contributed by atoms with van der Waals surface area (Å²) in [5, 5.41) is 0. The molecule has 4 heteroatoms. The maximum atomic E-state index is 14.9. The molecule has 2 aromatic carbocycles. The molecule has 4 aromatic rings. The minimum atomic E-state index is -0.312. The standard InChI is InChI=1S/C23H22FN3/c1-14-6-5-11-25-21(14)15-7-9-17(18(24)12-15)22-26-19-10-8-16(23(2,3)4)13-20(19)27-22/h5-13H,1-4H3,(H,26,27). The number of benzene rings is 2. The van der Waals surface area contributed by atoms with Crippen LogP contribution >= 0.6 is 0 Å². The van der Waals surface area contributed by atoms with Crippen LogP contribution in [0.15, 0.2) is 54.7 Å². The van der Waals surface area contributed by atoms with Crippen LogP contribution in [-0.2, 0) is 5.41 Å². The summed E-state index contributed by atoms with van der Waals surface area (Å²) in [6, 6.07) is 15.2. The van der Waals surface area contributed by atoms with Gasteiger partial charge in [-0.2, -0.15) is 0 Å². The first-order valence-corrected chi connectivity index (χ1v) is 9.05. The van der Waals surface area contributed by atoms with Crippen molar-refractivity contribution >= 4 is 11.0 Å². The number of rotatable bonds is 2. The average molecular weight is 359 g/mol. The third-order valence-electron chi connectivity index (χ3n) is 4.85. The molecule has 136 valence electrons. The molecule has 1 N–H and O–H groups in total. The van der Waals surface area contributed by atoms with Gasteiger partial charge in [0, 0.05) is 11.8 Å². The first kappa shape index (κ1) is 17.4. The third kappa shape index (κ3) is 3.23. The van der Waals surface area contributed by atoms with E-state index in [9.17, 15) is 4.39 Å². The monoisotopic (exact) mass is 359 g/mol. The highest BCUT2D eigenvalue weighted by Gasteiger charge is 2.16. The normalized spacial score (nSPS) is 11.9. The second-order valence-corrected chi connectivity index (χ2v) is 7.93. The lowest BCUT2D eigenvalue weighted by atomic mass is 9.87. The lowest BCUT2D eigenvalue weighted by molar-refractivity contribution is 0.591. The molecule has 0 aliphatic rings. The maximum absolute atomic E-state index is 14.9. The Morgan fingerprint density at radius 1 is 1.00 bits per heavy atom. The van der Waals surface area contributed by atoms with Crippen LogP contribution in [0.5, 0.6) is 0 Å². The summed E-state index contributed by atoms with van der Waals surface area (Å²) in [7, 11) is 0. The van der Waals surface area contributed by atoms with E-state index in [1.807, 2.05) is 31.2 Å². The second kappa shape index (κ2) is 6.31. The molecule has 3 nitrogen and oxygen atoms in total. The summed E-state index contributed by atoms with van der Waals surface area (Å²) in [5.41, 5.74) is 6.05. The molecule has 0 amide bonds. The average Bonchev–Trinajstić information content (AvgIpc) is 3.04. The fourth-order valence-corrected chi connectivity index (χ4v) is 3.25. The molecule has 0 saturated heterocycles. The van der Waals surface area contributed by atoms with Crippen molar-refractivity contribution in [3.05, 3.63) is 71.7 Å². The number of imidazole rings is 1. The van der Waals surface area contributed by atoms with Gasteiger partial charge in [0.1, 0.15) is 11.6 Å². The van der Waals surface area contributed by atoms with Gasteiger partial charge in [-0.05, 0) is 53.8 Å². The minimum Gasteiger partial charge on any atom is -0.338 e. The Kier molecular flexibility index (Phi) is 4.06. The zero-order chi connectivity index (χ0) is 19.2. The van der Waals surface area contributed by atoms with Gasteiger partial charge in [-0.25, -0.2) is 9.37 Å². The van der Waals surface area contributed by atoms with E-state index in [1.165, 1.54) is 11.6 Å². The van der Waals surface area contributed by atoms with Crippen molar-refractivity contribution in [2.45, 2.75) is 33.1 Å². The number of aryl methyl sites for hydroxylation is 1. The summed E-state index contributed by atoms with van der Waals surface area (Å²) < 4.78 is 14.9. The van der Waals surface area contributed by atoms with E-state index in [1.54, 1.807) is 12.3 Å². The molecule has 0 aliphatic heterocycles. The highest BCUT2D eigenvalue weighted by molar-refractivity contribution is 5.81. The third-order valence-corrected chi connectivity index (χ3v) is 4.85. The topological polar surface area (TPSA) is 41.6 Å². The number of aromatic amines is 1. The van der Waals surface area contributed by atoms with Crippen LogP contribution in [0.25, 0.3) is 33.7 Å². The van der Waals surface area contributed by atoms with E-state index in [0.717, 1.165) is 27.9 Å². The van der Waals surface area contributed by atoms with Crippen LogP contribution in [-0.4, -0.2) is 15.0 Å². The Hall–Kier alpha value is -3.01. The number of fused-ring (bicyclic) bond motifs is 1.